The first kappa shape index (κ1) is 11.6. The van der Waals surface area contributed by atoms with Crippen LogP contribution in [0, 0.1) is 0 Å². The molecule has 0 spiro atoms. The van der Waals surface area contributed by atoms with E-state index in [0.717, 1.165) is 24.5 Å². The SMILES string of the molecule is CN1C(=O)CCCn2nc(CN3CC(F)C3)cc21. The number of likely N-dealkylation sites (tertiary alicyclic amines) is 1. The summed E-state index contributed by atoms with van der Waals surface area (Å²) in [7, 11) is 1.78. The van der Waals surface area contributed by atoms with E-state index in [1.165, 1.54) is 0 Å². The van der Waals surface area contributed by atoms with E-state index in [9.17, 15) is 9.18 Å². The lowest BCUT2D eigenvalue weighted by Gasteiger charge is -2.33. The van der Waals surface area contributed by atoms with E-state index in [2.05, 4.69) is 5.10 Å². The van der Waals surface area contributed by atoms with Crippen molar-refractivity contribution in [1.29, 1.82) is 0 Å². The highest BCUT2D eigenvalue weighted by atomic mass is 19.1. The standard InChI is InChI=1S/C12H17FN4O/c1-15-11-5-10(8-16-6-9(13)7-16)14-17(11)4-2-3-12(15)18/h5,9H,2-4,6-8H2,1H3. The number of halogens is 1. The number of rotatable bonds is 2. The fourth-order valence-corrected chi connectivity index (χ4v) is 2.51. The maximum atomic E-state index is 12.7. The molecule has 2 aliphatic rings. The van der Waals surface area contributed by atoms with Crippen LogP contribution < -0.4 is 4.90 Å². The Morgan fingerprint density at radius 2 is 2.28 bits per heavy atom. The minimum Gasteiger partial charge on any atom is -0.300 e. The van der Waals surface area contributed by atoms with E-state index in [0.29, 0.717) is 26.1 Å². The van der Waals surface area contributed by atoms with Gasteiger partial charge in [-0.05, 0) is 6.42 Å². The Kier molecular flexibility index (Phi) is 2.81. The van der Waals surface area contributed by atoms with Crippen LogP contribution in [0.3, 0.4) is 0 Å². The van der Waals surface area contributed by atoms with Gasteiger partial charge in [0.2, 0.25) is 5.91 Å². The maximum absolute atomic E-state index is 12.7. The van der Waals surface area contributed by atoms with Crippen LogP contribution in [0.5, 0.6) is 0 Å². The number of carbonyl (C=O) groups is 1. The lowest BCUT2D eigenvalue weighted by atomic mass is 10.2. The summed E-state index contributed by atoms with van der Waals surface area (Å²) in [5, 5.41) is 4.50. The van der Waals surface area contributed by atoms with Crippen molar-refractivity contribution in [3.8, 4) is 0 Å². The summed E-state index contributed by atoms with van der Waals surface area (Å²) < 4.78 is 14.6. The van der Waals surface area contributed by atoms with E-state index in [1.54, 1.807) is 11.9 Å². The molecule has 3 rings (SSSR count). The van der Waals surface area contributed by atoms with Crippen molar-refractivity contribution in [1.82, 2.24) is 14.7 Å². The van der Waals surface area contributed by atoms with Gasteiger partial charge in [0.25, 0.3) is 0 Å². The zero-order chi connectivity index (χ0) is 12.7. The third-order valence-corrected chi connectivity index (χ3v) is 3.59. The van der Waals surface area contributed by atoms with Crippen molar-refractivity contribution in [3.05, 3.63) is 11.8 Å². The summed E-state index contributed by atoms with van der Waals surface area (Å²) in [6.07, 6.45) is 0.716. The Bertz CT molecular complexity index is 467. The van der Waals surface area contributed by atoms with Gasteiger partial charge in [-0.25, -0.2) is 9.07 Å². The molecule has 5 nitrogen and oxygen atoms in total. The third-order valence-electron chi connectivity index (χ3n) is 3.59. The molecular weight excluding hydrogens is 235 g/mol. The van der Waals surface area contributed by atoms with Crippen LogP contribution in [-0.4, -0.2) is 46.9 Å². The molecule has 0 atom stereocenters. The zero-order valence-electron chi connectivity index (χ0n) is 10.5. The number of hydrogen-bond donors (Lipinski definition) is 0. The van der Waals surface area contributed by atoms with Gasteiger partial charge in [-0.15, -0.1) is 0 Å². The van der Waals surface area contributed by atoms with Gasteiger partial charge in [0.15, 0.2) is 0 Å². The molecule has 3 heterocycles. The first-order chi connectivity index (χ1) is 8.63. The van der Waals surface area contributed by atoms with Crippen molar-refractivity contribution >= 4 is 11.7 Å². The van der Waals surface area contributed by atoms with E-state index in [4.69, 9.17) is 0 Å². The largest absolute Gasteiger partial charge is 0.300 e. The van der Waals surface area contributed by atoms with Crippen LogP contribution in [0.1, 0.15) is 18.5 Å². The minimum atomic E-state index is -0.685. The van der Waals surface area contributed by atoms with Crippen molar-refractivity contribution in [2.24, 2.45) is 0 Å². The van der Waals surface area contributed by atoms with E-state index >= 15 is 0 Å². The predicted molar refractivity (Wildman–Crippen MR) is 65.0 cm³/mol. The molecule has 0 N–H and O–H groups in total. The lowest BCUT2D eigenvalue weighted by Crippen LogP contribution is -2.47. The normalized spacial score (nSPS) is 21.7. The van der Waals surface area contributed by atoms with E-state index < -0.39 is 6.17 Å². The van der Waals surface area contributed by atoms with E-state index in [-0.39, 0.29) is 5.91 Å². The van der Waals surface area contributed by atoms with Crippen LogP contribution in [0.2, 0.25) is 0 Å². The second-order valence-electron chi connectivity index (χ2n) is 5.06. The molecule has 1 aromatic heterocycles. The van der Waals surface area contributed by atoms with Crippen molar-refractivity contribution in [2.75, 3.05) is 25.0 Å². The molecule has 0 saturated carbocycles. The van der Waals surface area contributed by atoms with Crippen LogP contribution in [0.15, 0.2) is 6.07 Å². The molecule has 0 unspecified atom stereocenters. The number of nitrogens with zero attached hydrogens (tertiary/aromatic N) is 4. The molecule has 1 amide bonds. The monoisotopic (exact) mass is 252 g/mol. The Morgan fingerprint density at radius 3 is 3.00 bits per heavy atom. The quantitative estimate of drug-likeness (QED) is 0.781. The number of carbonyl (C=O) groups excluding carboxylic acids is 1. The molecule has 0 bridgehead atoms. The Hall–Kier alpha value is -1.43. The minimum absolute atomic E-state index is 0.132. The average molecular weight is 252 g/mol. The number of fused-ring (bicyclic) bond motifs is 1. The van der Waals surface area contributed by atoms with Crippen LogP contribution >= 0.6 is 0 Å². The fourth-order valence-electron chi connectivity index (χ4n) is 2.51. The molecule has 0 aromatic carbocycles. The smallest absolute Gasteiger partial charge is 0.227 e. The highest BCUT2D eigenvalue weighted by Gasteiger charge is 2.28. The molecule has 1 saturated heterocycles. The van der Waals surface area contributed by atoms with Gasteiger partial charge in [-0.2, -0.15) is 5.10 Å². The van der Waals surface area contributed by atoms with Gasteiger partial charge in [0.05, 0.1) is 5.69 Å². The molecule has 1 aromatic rings. The van der Waals surface area contributed by atoms with Crippen molar-refractivity contribution < 1.29 is 9.18 Å². The first-order valence-corrected chi connectivity index (χ1v) is 6.33. The number of aromatic nitrogens is 2. The predicted octanol–water partition coefficient (Wildman–Crippen LogP) is 0.793. The summed E-state index contributed by atoms with van der Waals surface area (Å²) in [5.74, 6) is 0.984. The Labute approximate surface area is 105 Å². The second kappa shape index (κ2) is 4.35. The maximum Gasteiger partial charge on any atom is 0.227 e. The molecular formula is C12H17FN4O. The summed E-state index contributed by atoms with van der Waals surface area (Å²) >= 11 is 0. The lowest BCUT2D eigenvalue weighted by molar-refractivity contribution is -0.118. The van der Waals surface area contributed by atoms with Gasteiger partial charge >= 0.3 is 0 Å². The number of hydrogen-bond acceptors (Lipinski definition) is 3. The summed E-state index contributed by atoms with van der Waals surface area (Å²) in [6, 6.07) is 1.94. The summed E-state index contributed by atoms with van der Waals surface area (Å²) in [6.45, 7) is 2.44. The van der Waals surface area contributed by atoms with Crippen molar-refractivity contribution in [2.45, 2.75) is 32.1 Å². The van der Waals surface area contributed by atoms with Crippen LogP contribution in [0.4, 0.5) is 10.2 Å². The zero-order valence-corrected chi connectivity index (χ0v) is 10.5. The molecule has 6 heteroatoms. The number of alkyl halides is 1. The summed E-state index contributed by atoms with van der Waals surface area (Å²) in [5.41, 5.74) is 0.915. The number of aryl methyl sites for hydroxylation is 1. The van der Waals surface area contributed by atoms with Gasteiger partial charge in [0.1, 0.15) is 12.0 Å². The molecule has 18 heavy (non-hydrogen) atoms. The highest BCUT2D eigenvalue weighted by Crippen LogP contribution is 2.22. The van der Waals surface area contributed by atoms with Crippen molar-refractivity contribution in [3.63, 3.8) is 0 Å². The summed E-state index contributed by atoms with van der Waals surface area (Å²) in [4.78, 5) is 15.4. The van der Waals surface area contributed by atoms with Gasteiger partial charge in [-0.1, -0.05) is 0 Å². The third kappa shape index (κ3) is 2.01. The Balaban J connectivity index is 1.76. The average Bonchev–Trinajstić information content (AvgIpc) is 2.64. The molecule has 1 fully saturated rings. The highest BCUT2D eigenvalue weighted by molar-refractivity contribution is 5.92. The first-order valence-electron chi connectivity index (χ1n) is 6.33. The number of amides is 1. The van der Waals surface area contributed by atoms with E-state index in [1.807, 2.05) is 15.6 Å². The molecule has 98 valence electrons. The van der Waals surface area contributed by atoms with Gasteiger partial charge < -0.3 is 4.90 Å². The molecule has 2 aliphatic heterocycles. The van der Waals surface area contributed by atoms with Crippen LogP contribution in [-0.2, 0) is 17.9 Å². The topological polar surface area (TPSA) is 41.4 Å². The number of anilines is 1. The Morgan fingerprint density at radius 1 is 1.50 bits per heavy atom. The molecule has 0 radical (unpaired) electrons. The fraction of sp³-hybridized carbons (Fsp3) is 0.667. The van der Waals surface area contributed by atoms with Gasteiger partial charge in [-0.3, -0.25) is 9.69 Å². The molecule has 0 aliphatic carbocycles. The van der Waals surface area contributed by atoms with Gasteiger partial charge in [0, 0.05) is 45.7 Å². The van der Waals surface area contributed by atoms with Crippen LogP contribution in [0.25, 0.3) is 0 Å². The second-order valence-corrected chi connectivity index (χ2v) is 5.06.